The Kier molecular flexibility index (Phi) is 7.62. The van der Waals surface area contributed by atoms with Crippen LogP contribution in [0.15, 0.2) is 30.3 Å². The van der Waals surface area contributed by atoms with Crippen LogP contribution in [0.1, 0.15) is 50.5 Å². The number of amides is 2. The molecule has 0 spiro atoms. The van der Waals surface area contributed by atoms with E-state index >= 15 is 0 Å². The van der Waals surface area contributed by atoms with Gasteiger partial charge in [-0.25, -0.2) is 0 Å². The molecular formula is C25H37N3O3. The van der Waals surface area contributed by atoms with Gasteiger partial charge in [0.25, 0.3) is 0 Å². The van der Waals surface area contributed by atoms with E-state index in [1.807, 2.05) is 4.90 Å². The minimum atomic E-state index is -0.0983. The summed E-state index contributed by atoms with van der Waals surface area (Å²) in [7, 11) is 0. The molecule has 6 heteroatoms. The van der Waals surface area contributed by atoms with Gasteiger partial charge in [-0.2, -0.15) is 0 Å². The fraction of sp³-hybridized carbons (Fsp3) is 0.680. The van der Waals surface area contributed by atoms with E-state index < -0.39 is 0 Å². The molecule has 3 aliphatic rings. The molecule has 2 aliphatic heterocycles. The first-order chi connectivity index (χ1) is 15.2. The summed E-state index contributed by atoms with van der Waals surface area (Å²) in [5.74, 6) is 0.203. The summed E-state index contributed by atoms with van der Waals surface area (Å²) in [5.41, 5.74) is 1.40. The number of hydrogen-bond donors (Lipinski definition) is 1. The van der Waals surface area contributed by atoms with Gasteiger partial charge in [0.15, 0.2) is 0 Å². The molecule has 6 nitrogen and oxygen atoms in total. The zero-order chi connectivity index (χ0) is 21.5. The summed E-state index contributed by atoms with van der Waals surface area (Å²) in [6, 6.07) is 10.7. The maximum absolute atomic E-state index is 13.1. The summed E-state index contributed by atoms with van der Waals surface area (Å²) in [5, 5.41) is 3.30. The summed E-state index contributed by atoms with van der Waals surface area (Å²) in [6.07, 6.45) is 7.13. The van der Waals surface area contributed by atoms with Crippen molar-refractivity contribution in [1.82, 2.24) is 15.1 Å². The predicted octanol–water partition coefficient (Wildman–Crippen LogP) is 2.58. The monoisotopic (exact) mass is 427 g/mol. The Labute approximate surface area is 186 Å². The van der Waals surface area contributed by atoms with E-state index in [9.17, 15) is 9.59 Å². The van der Waals surface area contributed by atoms with Gasteiger partial charge in [0, 0.05) is 51.1 Å². The Morgan fingerprint density at radius 2 is 1.81 bits per heavy atom. The quantitative estimate of drug-likeness (QED) is 0.727. The third kappa shape index (κ3) is 5.66. The lowest BCUT2D eigenvalue weighted by molar-refractivity contribution is -0.138. The topological polar surface area (TPSA) is 61.9 Å². The summed E-state index contributed by atoms with van der Waals surface area (Å²) in [4.78, 5) is 29.8. The van der Waals surface area contributed by atoms with Crippen molar-refractivity contribution in [2.24, 2.45) is 5.92 Å². The van der Waals surface area contributed by atoms with E-state index in [2.05, 4.69) is 40.5 Å². The molecule has 2 saturated heterocycles. The smallest absolute Gasteiger partial charge is 0.224 e. The number of benzene rings is 1. The van der Waals surface area contributed by atoms with Crippen molar-refractivity contribution < 1.29 is 14.3 Å². The molecule has 1 aromatic rings. The molecule has 1 atom stereocenters. The zero-order valence-electron chi connectivity index (χ0n) is 18.7. The van der Waals surface area contributed by atoms with Crippen molar-refractivity contribution in [2.45, 2.75) is 50.4 Å². The zero-order valence-corrected chi connectivity index (χ0v) is 18.7. The molecule has 1 N–H and O–H groups in total. The SMILES string of the molecule is O=C(NCC1(c2ccccc2)CCCCC1)[C@H]1CCC(=O)N(CCN2CCOCC2)C1. The van der Waals surface area contributed by atoms with Crippen LogP contribution in [0.25, 0.3) is 0 Å². The number of piperidine rings is 1. The first-order valence-electron chi connectivity index (χ1n) is 12.1. The van der Waals surface area contributed by atoms with Gasteiger partial charge in [-0.1, -0.05) is 49.6 Å². The van der Waals surface area contributed by atoms with Gasteiger partial charge >= 0.3 is 0 Å². The number of ether oxygens (including phenoxy) is 1. The lowest BCUT2D eigenvalue weighted by Crippen LogP contribution is -2.50. The highest BCUT2D eigenvalue weighted by atomic mass is 16.5. The van der Waals surface area contributed by atoms with Gasteiger partial charge in [-0.3, -0.25) is 14.5 Å². The second-order valence-corrected chi connectivity index (χ2v) is 9.45. The molecule has 1 aliphatic carbocycles. The van der Waals surface area contributed by atoms with E-state index in [1.165, 1.54) is 24.8 Å². The number of nitrogens with zero attached hydrogens (tertiary/aromatic N) is 2. The minimum Gasteiger partial charge on any atom is -0.379 e. The van der Waals surface area contributed by atoms with Crippen molar-refractivity contribution in [1.29, 1.82) is 0 Å². The van der Waals surface area contributed by atoms with Crippen LogP contribution < -0.4 is 5.32 Å². The Hall–Kier alpha value is -1.92. The van der Waals surface area contributed by atoms with Crippen LogP contribution in [0.4, 0.5) is 0 Å². The van der Waals surface area contributed by atoms with Crippen LogP contribution in [0, 0.1) is 5.92 Å². The maximum atomic E-state index is 13.1. The first-order valence-corrected chi connectivity index (χ1v) is 12.1. The Balaban J connectivity index is 1.32. The highest BCUT2D eigenvalue weighted by Crippen LogP contribution is 2.39. The lowest BCUT2D eigenvalue weighted by Gasteiger charge is -2.39. The molecule has 170 valence electrons. The van der Waals surface area contributed by atoms with Gasteiger partial charge in [0.2, 0.25) is 11.8 Å². The van der Waals surface area contributed by atoms with E-state index in [4.69, 9.17) is 4.74 Å². The average Bonchev–Trinajstić information content (AvgIpc) is 2.84. The summed E-state index contributed by atoms with van der Waals surface area (Å²) < 4.78 is 5.40. The fourth-order valence-electron chi connectivity index (χ4n) is 5.42. The van der Waals surface area contributed by atoms with E-state index in [-0.39, 0.29) is 23.1 Å². The maximum Gasteiger partial charge on any atom is 0.224 e. The summed E-state index contributed by atoms with van der Waals surface area (Å²) in [6.45, 7) is 6.20. The fourth-order valence-corrected chi connectivity index (χ4v) is 5.42. The van der Waals surface area contributed by atoms with Gasteiger partial charge in [0.05, 0.1) is 19.1 Å². The third-order valence-corrected chi connectivity index (χ3v) is 7.46. The van der Waals surface area contributed by atoms with Crippen LogP contribution >= 0.6 is 0 Å². The van der Waals surface area contributed by atoms with Gasteiger partial charge in [-0.05, 0) is 24.8 Å². The number of morpholine rings is 1. The second kappa shape index (κ2) is 10.6. The highest BCUT2D eigenvalue weighted by molar-refractivity contribution is 5.83. The lowest BCUT2D eigenvalue weighted by atomic mass is 9.69. The molecular weight excluding hydrogens is 390 g/mol. The highest BCUT2D eigenvalue weighted by Gasteiger charge is 2.36. The average molecular weight is 428 g/mol. The number of rotatable bonds is 7. The molecule has 0 unspecified atom stereocenters. The molecule has 0 radical (unpaired) electrons. The van der Waals surface area contributed by atoms with Crippen LogP contribution in [-0.4, -0.2) is 74.1 Å². The van der Waals surface area contributed by atoms with Crippen molar-refractivity contribution in [3.8, 4) is 0 Å². The van der Waals surface area contributed by atoms with Crippen molar-refractivity contribution in [3.05, 3.63) is 35.9 Å². The molecule has 4 rings (SSSR count). The summed E-state index contributed by atoms with van der Waals surface area (Å²) >= 11 is 0. The minimum absolute atomic E-state index is 0.0513. The Bertz CT molecular complexity index is 727. The number of nitrogens with one attached hydrogen (secondary N) is 1. The number of carbonyl (C=O) groups excluding carboxylic acids is 2. The second-order valence-electron chi connectivity index (χ2n) is 9.45. The van der Waals surface area contributed by atoms with E-state index in [0.717, 1.165) is 45.7 Å². The largest absolute Gasteiger partial charge is 0.379 e. The van der Waals surface area contributed by atoms with E-state index in [1.54, 1.807) is 0 Å². The number of hydrogen-bond acceptors (Lipinski definition) is 4. The molecule has 2 heterocycles. The molecule has 0 aromatic heterocycles. The Morgan fingerprint density at radius 1 is 1.06 bits per heavy atom. The van der Waals surface area contributed by atoms with Gasteiger partial charge in [-0.15, -0.1) is 0 Å². The number of carbonyl (C=O) groups is 2. The van der Waals surface area contributed by atoms with Gasteiger partial charge in [0.1, 0.15) is 0 Å². The van der Waals surface area contributed by atoms with Crippen molar-refractivity contribution in [3.63, 3.8) is 0 Å². The first kappa shape index (κ1) is 22.3. The molecule has 1 saturated carbocycles. The van der Waals surface area contributed by atoms with Crippen LogP contribution in [0.5, 0.6) is 0 Å². The molecule has 0 bridgehead atoms. The van der Waals surface area contributed by atoms with Gasteiger partial charge < -0.3 is 15.0 Å². The molecule has 31 heavy (non-hydrogen) atoms. The van der Waals surface area contributed by atoms with Crippen LogP contribution in [0.3, 0.4) is 0 Å². The molecule has 3 fully saturated rings. The molecule has 2 amide bonds. The van der Waals surface area contributed by atoms with Crippen molar-refractivity contribution >= 4 is 11.8 Å². The standard InChI is InChI=1S/C25H37N3O3/c29-23-10-9-21(19-28(23)14-13-27-15-17-31-18-16-27)24(30)26-20-25(11-5-2-6-12-25)22-7-3-1-4-8-22/h1,3-4,7-8,21H,2,5-6,9-20H2,(H,26,30)/t21-/m0/s1. The predicted molar refractivity (Wildman–Crippen MR) is 121 cm³/mol. The normalized spacial score (nSPS) is 24.7. The van der Waals surface area contributed by atoms with E-state index in [0.29, 0.717) is 32.5 Å². The Morgan fingerprint density at radius 3 is 2.55 bits per heavy atom. The third-order valence-electron chi connectivity index (χ3n) is 7.46. The van der Waals surface area contributed by atoms with Crippen LogP contribution in [0.2, 0.25) is 0 Å². The number of likely N-dealkylation sites (tertiary alicyclic amines) is 1. The molecule has 1 aromatic carbocycles. The van der Waals surface area contributed by atoms with Crippen molar-refractivity contribution in [2.75, 3.05) is 52.5 Å². The van der Waals surface area contributed by atoms with Crippen LogP contribution in [-0.2, 0) is 19.7 Å².